The molecule has 6 heteroatoms. The summed E-state index contributed by atoms with van der Waals surface area (Å²) in [7, 11) is 0. The van der Waals surface area contributed by atoms with Gasteiger partial charge in [-0.05, 0) is 69.5 Å². The van der Waals surface area contributed by atoms with Gasteiger partial charge in [0.25, 0.3) is 0 Å². The van der Waals surface area contributed by atoms with Gasteiger partial charge in [0.15, 0.2) is 0 Å². The second-order valence-corrected chi connectivity index (χ2v) is 10.6. The summed E-state index contributed by atoms with van der Waals surface area (Å²) in [6.07, 6.45) is 1.74. The highest BCUT2D eigenvalue weighted by Crippen LogP contribution is 2.39. The molecule has 0 spiro atoms. The van der Waals surface area contributed by atoms with Crippen LogP contribution in [0.3, 0.4) is 0 Å². The van der Waals surface area contributed by atoms with Crippen molar-refractivity contribution in [2.24, 2.45) is 0 Å². The number of aliphatic carboxylic acids is 2. The van der Waals surface area contributed by atoms with E-state index in [2.05, 4.69) is 46.2 Å². The van der Waals surface area contributed by atoms with Crippen molar-refractivity contribution in [1.82, 2.24) is 0 Å². The van der Waals surface area contributed by atoms with Gasteiger partial charge in [0.2, 0.25) is 0 Å². The van der Waals surface area contributed by atoms with Crippen LogP contribution in [-0.2, 0) is 48.4 Å². The van der Waals surface area contributed by atoms with E-state index in [0.717, 1.165) is 43.7 Å². The summed E-state index contributed by atoms with van der Waals surface area (Å²) >= 11 is 0. The molecule has 4 aromatic rings. The molecule has 0 saturated heterocycles. The maximum Gasteiger partial charge on any atom is 0.307 e. The Morgan fingerprint density at radius 2 is 0.897 bits per heavy atom. The fourth-order valence-electron chi connectivity index (χ4n) is 5.78. The molecule has 2 bridgehead atoms. The van der Waals surface area contributed by atoms with E-state index in [9.17, 15) is 9.59 Å². The van der Waals surface area contributed by atoms with Gasteiger partial charge in [-0.3, -0.25) is 9.59 Å². The highest BCUT2D eigenvalue weighted by atomic mass is 16.4. The summed E-state index contributed by atoms with van der Waals surface area (Å²) in [5.41, 5.74) is 11.7. The lowest BCUT2D eigenvalue weighted by atomic mass is 9.95. The lowest BCUT2D eigenvalue weighted by molar-refractivity contribution is -0.137. The van der Waals surface area contributed by atoms with E-state index in [1.165, 1.54) is 44.8 Å². The van der Waals surface area contributed by atoms with Gasteiger partial charge in [-0.15, -0.1) is 0 Å². The maximum absolute atomic E-state index is 10.9. The molecular weight excluding hydrogens is 488 g/mol. The molecule has 2 aliphatic rings. The highest BCUT2D eigenvalue weighted by molar-refractivity contribution is 5.71. The third-order valence-electron chi connectivity index (χ3n) is 7.61. The number of rotatable bonds is 8. The molecule has 39 heavy (non-hydrogen) atoms. The van der Waals surface area contributed by atoms with Crippen LogP contribution in [0.25, 0.3) is 0 Å². The number of hydrogen-bond acceptors (Lipinski definition) is 4. The SMILES string of the molecule is O=C(O)Cc1ccc(Cc2ccc3c(c2)CN2CN3Cc3cc(Cc4ccc(CC(=O)O)cc4)ccc32)cc1. The minimum absolute atomic E-state index is 0.0510. The molecule has 0 amide bonds. The largest absolute Gasteiger partial charge is 0.481 e. The molecule has 2 aliphatic heterocycles. The number of carboxylic acids is 2. The Bertz CT molecular complexity index is 1430. The molecule has 4 aromatic carbocycles. The number of fused-ring (bicyclic) bond motifs is 6. The normalized spacial score (nSPS) is 13.5. The topological polar surface area (TPSA) is 81.1 Å². The Balaban J connectivity index is 1.16. The lowest BCUT2D eigenvalue weighted by Crippen LogP contribution is -2.46. The predicted octanol–water partition coefficient (Wildman–Crippen LogP) is 5.42. The molecule has 0 fully saturated rings. The Hall–Kier alpha value is -4.58. The van der Waals surface area contributed by atoms with E-state index in [-0.39, 0.29) is 12.8 Å². The fraction of sp³-hybridized carbons (Fsp3) is 0.212. The van der Waals surface area contributed by atoms with E-state index in [4.69, 9.17) is 10.2 Å². The second kappa shape index (κ2) is 10.3. The van der Waals surface area contributed by atoms with Crippen molar-refractivity contribution < 1.29 is 19.8 Å². The molecule has 0 radical (unpaired) electrons. The Labute approximate surface area is 227 Å². The number of carboxylic acid groups (broad SMARTS) is 2. The van der Waals surface area contributed by atoms with Crippen molar-refractivity contribution in [1.29, 1.82) is 0 Å². The van der Waals surface area contributed by atoms with Gasteiger partial charge in [0, 0.05) is 24.5 Å². The predicted molar refractivity (Wildman–Crippen MR) is 151 cm³/mol. The summed E-state index contributed by atoms with van der Waals surface area (Å²) in [4.78, 5) is 26.8. The zero-order chi connectivity index (χ0) is 26.9. The van der Waals surface area contributed by atoms with Crippen LogP contribution in [0.5, 0.6) is 0 Å². The molecule has 0 saturated carbocycles. The quantitative estimate of drug-likeness (QED) is 0.324. The van der Waals surface area contributed by atoms with E-state index in [0.29, 0.717) is 0 Å². The van der Waals surface area contributed by atoms with Gasteiger partial charge >= 0.3 is 11.9 Å². The van der Waals surface area contributed by atoms with Crippen LogP contribution in [0.1, 0.15) is 44.5 Å². The Morgan fingerprint density at radius 3 is 1.28 bits per heavy atom. The fourth-order valence-corrected chi connectivity index (χ4v) is 5.78. The van der Waals surface area contributed by atoms with Crippen LogP contribution >= 0.6 is 0 Å². The van der Waals surface area contributed by atoms with Crippen LogP contribution in [0.4, 0.5) is 11.4 Å². The van der Waals surface area contributed by atoms with Crippen molar-refractivity contribution in [2.45, 2.75) is 38.8 Å². The van der Waals surface area contributed by atoms with Gasteiger partial charge in [-0.2, -0.15) is 0 Å². The maximum atomic E-state index is 10.9. The first-order chi connectivity index (χ1) is 18.9. The molecular formula is C33H30N2O4. The van der Waals surface area contributed by atoms with Crippen LogP contribution in [0.2, 0.25) is 0 Å². The number of hydrogen-bond donors (Lipinski definition) is 2. The Kier molecular flexibility index (Phi) is 6.53. The molecule has 6 rings (SSSR count). The average molecular weight is 519 g/mol. The van der Waals surface area contributed by atoms with E-state index in [1.54, 1.807) is 0 Å². The third-order valence-corrected chi connectivity index (χ3v) is 7.61. The zero-order valence-electron chi connectivity index (χ0n) is 21.6. The minimum atomic E-state index is -0.810. The van der Waals surface area contributed by atoms with Gasteiger partial charge in [-0.1, -0.05) is 72.8 Å². The van der Waals surface area contributed by atoms with Gasteiger partial charge in [-0.25, -0.2) is 0 Å². The summed E-state index contributed by atoms with van der Waals surface area (Å²) in [6, 6.07) is 29.3. The zero-order valence-corrected chi connectivity index (χ0v) is 21.6. The van der Waals surface area contributed by atoms with Crippen molar-refractivity contribution >= 4 is 23.3 Å². The highest BCUT2D eigenvalue weighted by Gasteiger charge is 2.29. The number of anilines is 2. The number of benzene rings is 4. The van der Waals surface area contributed by atoms with Gasteiger partial charge in [0.1, 0.15) is 0 Å². The monoisotopic (exact) mass is 518 g/mol. The minimum Gasteiger partial charge on any atom is -0.481 e. The van der Waals surface area contributed by atoms with E-state index in [1.807, 2.05) is 48.5 Å². The summed E-state index contributed by atoms with van der Waals surface area (Å²) in [5, 5.41) is 18.0. The lowest BCUT2D eigenvalue weighted by Gasteiger charge is -2.45. The third kappa shape index (κ3) is 5.50. The summed E-state index contributed by atoms with van der Waals surface area (Å²) < 4.78 is 0. The van der Waals surface area contributed by atoms with Crippen molar-refractivity contribution in [3.63, 3.8) is 0 Å². The first kappa shape index (κ1) is 24.7. The first-order valence-corrected chi connectivity index (χ1v) is 13.2. The van der Waals surface area contributed by atoms with Crippen molar-refractivity contribution in [3.05, 3.63) is 129 Å². The van der Waals surface area contributed by atoms with Crippen LogP contribution < -0.4 is 9.80 Å². The van der Waals surface area contributed by atoms with Crippen LogP contribution in [0.15, 0.2) is 84.9 Å². The number of carbonyl (C=O) groups is 2. The molecule has 2 heterocycles. The summed E-state index contributed by atoms with van der Waals surface area (Å²) in [5.74, 6) is -1.62. The molecule has 6 nitrogen and oxygen atoms in total. The Morgan fingerprint density at radius 1 is 0.538 bits per heavy atom. The smallest absolute Gasteiger partial charge is 0.307 e. The average Bonchev–Trinajstić information content (AvgIpc) is 2.90. The molecule has 196 valence electrons. The molecule has 0 unspecified atom stereocenters. The summed E-state index contributed by atoms with van der Waals surface area (Å²) in [6.45, 7) is 2.62. The molecule has 0 atom stereocenters. The second-order valence-electron chi connectivity index (χ2n) is 10.6. The van der Waals surface area contributed by atoms with E-state index < -0.39 is 11.9 Å². The van der Waals surface area contributed by atoms with Crippen molar-refractivity contribution in [2.75, 3.05) is 16.5 Å². The molecule has 0 aliphatic carbocycles. The number of nitrogens with zero attached hydrogens (tertiary/aromatic N) is 2. The van der Waals surface area contributed by atoms with Crippen LogP contribution in [-0.4, -0.2) is 28.8 Å². The van der Waals surface area contributed by atoms with Crippen LogP contribution in [0, 0.1) is 0 Å². The van der Waals surface area contributed by atoms with Gasteiger partial charge < -0.3 is 20.0 Å². The standard InChI is InChI=1S/C33H30N2O4/c36-32(37)17-24-5-1-22(2-6-24)13-26-9-11-30-28(15-26)19-34-21-35(30)20-29-16-27(10-12-31(29)34)14-23-3-7-25(8-4-23)18-33(38)39/h1-12,15-16H,13-14,17-21H2,(H,36,37)(H,38,39). The first-order valence-electron chi connectivity index (χ1n) is 13.2. The van der Waals surface area contributed by atoms with E-state index >= 15 is 0 Å². The van der Waals surface area contributed by atoms with Crippen molar-refractivity contribution in [3.8, 4) is 0 Å². The molecule has 0 aromatic heterocycles. The van der Waals surface area contributed by atoms with Gasteiger partial charge in [0.05, 0.1) is 19.5 Å². The molecule has 2 N–H and O–H groups in total.